The first-order chi connectivity index (χ1) is 12.4. The second-order valence-electron chi connectivity index (χ2n) is 5.94. The quantitative estimate of drug-likeness (QED) is 0.516. The van der Waals surface area contributed by atoms with E-state index in [-0.39, 0.29) is 11.4 Å². The molecule has 26 heavy (non-hydrogen) atoms. The van der Waals surface area contributed by atoms with Crippen LogP contribution in [0.1, 0.15) is 21.7 Å². The molecular formula is C17H18N6O3. The third-order valence-corrected chi connectivity index (χ3v) is 4.16. The SMILES string of the molecule is Cc1c([N+](=O)[O-])c(C(=O)N(C)Cc2ccc(-n3cccn3)cc2)nn1C. The van der Waals surface area contributed by atoms with Crippen LogP contribution in [-0.4, -0.2) is 42.3 Å². The van der Waals surface area contributed by atoms with Gasteiger partial charge in [0.2, 0.25) is 5.69 Å². The van der Waals surface area contributed by atoms with Crippen LogP contribution in [0.5, 0.6) is 0 Å². The van der Waals surface area contributed by atoms with E-state index in [9.17, 15) is 14.9 Å². The minimum Gasteiger partial charge on any atom is -0.336 e. The number of aryl methyl sites for hydroxylation is 1. The number of carbonyl (C=O) groups excluding carboxylic acids is 1. The van der Waals surface area contributed by atoms with Crippen molar-refractivity contribution in [2.75, 3.05) is 7.05 Å². The lowest BCUT2D eigenvalue weighted by molar-refractivity contribution is -0.385. The first-order valence-electron chi connectivity index (χ1n) is 7.91. The third-order valence-electron chi connectivity index (χ3n) is 4.16. The molecule has 134 valence electrons. The van der Waals surface area contributed by atoms with Crippen LogP contribution in [0.25, 0.3) is 5.69 Å². The third kappa shape index (κ3) is 3.18. The molecule has 1 aromatic carbocycles. The topological polar surface area (TPSA) is 99.1 Å². The van der Waals surface area contributed by atoms with Crippen molar-refractivity contribution in [2.45, 2.75) is 13.5 Å². The second-order valence-corrected chi connectivity index (χ2v) is 5.94. The Hall–Kier alpha value is -3.49. The van der Waals surface area contributed by atoms with E-state index in [2.05, 4.69) is 10.2 Å². The van der Waals surface area contributed by atoms with Crippen molar-refractivity contribution < 1.29 is 9.72 Å². The largest absolute Gasteiger partial charge is 0.336 e. The van der Waals surface area contributed by atoms with Crippen molar-refractivity contribution in [3.05, 3.63) is 69.8 Å². The number of carbonyl (C=O) groups is 1. The summed E-state index contributed by atoms with van der Waals surface area (Å²) in [6.07, 6.45) is 3.54. The Bertz CT molecular complexity index is 944. The summed E-state index contributed by atoms with van der Waals surface area (Å²) in [5.41, 5.74) is 1.75. The van der Waals surface area contributed by atoms with Gasteiger partial charge in [-0.2, -0.15) is 10.2 Å². The smallest absolute Gasteiger partial charge is 0.322 e. The molecule has 0 spiro atoms. The zero-order valence-corrected chi connectivity index (χ0v) is 14.7. The van der Waals surface area contributed by atoms with Crippen LogP contribution >= 0.6 is 0 Å². The first kappa shape index (κ1) is 17.3. The van der Waals surface area contributed by atoms with Crippen molar-refractivity contribution >= 4 is 11.6 Å². The summed E-state index contributed by atoms with van der Waals surface area (Å²) in [5, 5.41) is 19.4. The van der Waals surface area contributed by atoms with Crippen molar-refractivity contribution in [1.82, 2.24) is 24.5 Å². The number of hydrogen-bond acceptors (Lipinski definition) is 5. The Kier molecular flexibility index (Phi) is 4.53. The highest BCUT2D eigenvalue weighted by molar-refractivity contribution is 5.96. The molecule has 0 N–H and O–H groups in total. The zero-order chi connectivity index (χ0) is 18.8. The molecule has 0 atom stereocenters. The van der Waals surface area contributed by atoms with Gasteiger partial charge < -0.3 is 4.90 Å². The van der Waals surface area contributed by atoms with Crippen molar-refractivity contribution in [3.63, 3.8) is 0 Å². The summed E-state index contributed by atoms with van der Waals surface area (Å²) < 4.78 is 3.08. The summed E-state index contributed by atoms with van der Waals surface area (Å²) in [7, 11) is 3.17. The second kappa shape index (κ2) is 6.79. The maximum absolute atomic E-state index is 12.6. The van der Waals surface area contributed by atoms with E-state index in [0.29, 0.717) is 12.2 Å². The maximum atomic E-state index is 12.6. The predicted molar refractivity (Wildman–Crippen MR) is 94.0 cm³/mol. The number of nitrogens with zero attached hydrogens (tertiary/aromatic N) is 6. The van der Waals surface area contributed by atoms with Crippen LogP contribution in [0.15, 0.2) is 42.7 Å². The number of hydrogen-bond donors (Lipinski definition) is 0. The maximum Gasteiger partial charge on any atom is 0.322 e. The standard InChI is InChI=1S/C17H18N6O3/c1-12-16(23(25)26)15(19-21(12)3)17(24)20(2)11-13-5-7-14(8-6-13)22-10-4-9-18-22/h4-10H,11H2,1-3H3. The number of nitro groups is 1. The molecule has 0 fully saturated rings. The predicted octanol–water partition coefficient (Wildman–Crippen LogP) is 2.09. The van der Waals surface area contributed by atoms with Gasteiger partial charge in [0.15, 0.2) is 0 Å². The van der Waals surface area contributed by atoms with Gasteiger partial charge in [0.1, 0.15) is 5.69 Å². The van der Waals surface area contributed by atoms with E-state index < -0.39 is 10.8 Å². The molecule has 0 saturated carbocycles. The molecule has 9 heteroatoms. The molecule has 0 aliphatic heterocycles. The molecule has 2 aromatic heterocycles. The molecular weight excluding hydrogens is 336 g/mol. The molecule has 0 radical (unpaired) electrons. The minimum absolute atomic E-state index is 0.148. The molecule has 1 amide bonds. The van der Waals surface area contributed by atoms with E-state index >= 15 is 0 Å². The monoisotopic (exact) mass is 354 g/mol. The van der Waals surface area contributed by atoms with Gasteiger partial charge in [0, 0.05) is 33.0 Å². The Morgan fingerprint density at radius 2 is 2.00 bits per heavy atom. The fraction of sp³-hybridized carbons (Fsp3) is 0.235. The molecule has 0 unspecified atom stereocenters. The first-order valence-corrected chi connectivity index (χ1v) is 7.91. The molecule has 3 aromatic rings. The van der Waals surface area contributed by atoms with Crippen LogP contribution in [0.4, 0.5) is 5.69 Å². The molecule has 0 aliphatic rings. The molecule has 9 nitrogen and oxygen atoms in total. The lowest BCUT2D eigenvalue weighted by atomic mass is 10.2. The van der Waals surface area contributed by atoms with Gasteiger partial charge in [-0.25, -0.2) is 4.68 Å². The van der Waals surface area contributed by atoms with E-state index in [4.69, 9.17) is 0 Å². The summed E-state index contributed by atoms with van der Waals surface area (Å²) in [5.74, 6) is -0.489. The van der Waals surface area contributed by atoms with Crippen molar-refractivity contribution in [1.29, 1.82) is 0 Å². The van der Waals surface area contributed by atoms with E-state index in [1.165, 1.54) is 9.58 Å². The van der Waals surface area contributed by atoms with Gasteiger partial charge in [-0.15, -0.1) is 0 Å². The van der Waals surface area contributed by atoms with Crippen molar-refractivity contribution in [3.8, 4) is 5.69 Å². The van der Waals surface area contributed by atoms with Crippen LogP contribution in [0.3, 0.4) is 0 Å². The van der Waals surface area contributed by atoms with Gasteiger partial charge in [0.05, 0.1) is 10.6 Å². The van der Waals surface area contributed by atoms with Gasteiger partial charge in [-0.1, -0.05) is 12.1 Å². The number of aromatic nitrogens is 4. The summed E-state index contributed by atoms with van der Waals surface area (Å²) in [6, 6.07) is 9.40. The average molecular weight is 354 g/mol. The fourth-order valence-corrected chi connectivity index (χ4v) is 2.66. The highest BCUT2D eigenvalue weighted by atomic mass is 16.6. The minimum atomic E-state index is -0.567. The van der Waals surface area contributed by atoms with Crippen LogP contribution in [-0.2, 0) is 13.6 Å². The van der Waals surface area contributed by atoms with Crippen molar-refractivity contribution in [2.24, 2.45) is 7.05 Å². The zero-order valence-electron chi connectivity index (χ0n) is 14.7. The Morgan fingerprint density at radius 3 is 2.58 bits per heavy atom. The van der Waals surface area contributed by atoms with Crippen LogP contribution < -0.4 is 0 Å². The Balaban J connectivity index is 1.78. The van der Waals surface area contributed by atoms with Gasteiger partial charge in [-0.3, -0.25) is 19.6 Å². The summed E-state index contributed by atoms with van der Waals surface area (Å²) in [4.78, 5) is 24.7. The Morgan fingerprint density at radius 1 is 1.31 bits per heavy atom. The summed E-state index contributed by atoms with van der Waals surface area (Å²) in [6.45, 7) is 1.88. The van der Waals surface area contributed by atoms with Crippen LogP contribution in [0, 0.1) is 17.0 Å². The lowest BCUT2D eigenvalue weighted by Crippen LogP contribution is -2.27. The van der Waals surface area contributed by atoms with Gasteiger partial charge >= 0.3 is 5.69 Å². The van der Waals surface area contributed by atoms with E-state index in [1.807, 2.05) is 36.5 Å². The number of rotatable bonds is 5. The lowest BCUT2D eigenvalue weighted by Gasteiger charge is -2.16. The van der Waals surface area contributed by atoms with Gasteiger partial charge in [-0.05, 0) is 30.7 Å². The number of amides is 1. The normalized spacial score (nSPS) is 10.7. The van der Waals surface area contributed by atoms with Crippen LogP contribution in [0.2, 0.25) is 0 Å². The summed E-state index contributed by atoms with van der Waals surface area (Å²) >= 11 is 0. The molecule has 3 rings (SSSR count). The average Bonchev–Trinajstić information content (AvgIpc) is 3.24. The number of benzene rings is 1. The molecule has 0 aliphatic carbocycles. The highest BCUT2D eigenvalue weighted by Gasteiger charge is 2.30. The Labute approximate surface area is 149 Å². The molecule has 0 saturated heterocycles. The van der Waals surface area contributed by atoms with E-state index in [1.54, 1.807) is 31.9 Å². The molecule has 0 bridgehead atoms. The molecule has 2 heterocycles. The fourth-order valence-electron chi connectivity index (χ4n) is 2.66. The van der Waals surface area contributed by atoms with E-state index in [0.717, 1.165) is 11.3 Å². The van der Waals surface area contributed by atoms with Gasteiger partial charge in [0.25, 0.3) is 5.91 Å². The highest BCUT2D eigenvalue weighted by Crippen LogP contribution is 2.23.